The maximum atomic E-state index is 11.3. The Morgan fingerprint density at radius 2 is 2.29 bits per heavy atom. The van der Waals surface area contributed by atoms with Crippen LogP contribution >= 0.6 is 0 Å². The Hall–Kier alpha value is -2.20. The van der Waals surface area contributed by atoms with Crippen LogP contribution in [0.2, 0.25) is 0 Å². The standard InChI is InChI=1S/C10H13N5O2/c1-17-5-4-13-9(16)7-15-10-8(6-11)12-2-3-14-10/h2-3H,4-5,7H2,1H3,(H,13,16)(H,14,15). The van der Waals surface area contributed by atoms with Crippen molar-refractivity contribution < 1.29 is 9.53 Å². The monoisotopic (exact) mass is 235 g/mol. The molecule has 17 heavy (non-hydrogen) atoms. The lowest BCUT2D eigenvalue weighted by Gasteiger charge is -2.06. The number of anilines is 1. The Morgan fingerprint density at radius 1 is 1.53 bits per heavy atom. The molecule has 1 aromatic heterocycles. The summed E-state index contributed by atoms with van der Waals surface area (Å²) in [5, 5.41) is 14.1. The van der Waals surface area contributed by atoms with E-state index in [0.29, 0.717) is 19.0 Å². The van der Waals surface area contributed by atoms with E-state index in [2.05, 4.69) is 20.6 Å². The second-order valence-corrected chi connectivity index (χ2v) is 3.06. The van der Waals surface area contributed by atoms with E-state index in [-0.39, 0.29) is 18.1 Å². The van der Waals surface area contributed by atoms with Crippen LogP contribution in [0.15, 0.2) is 12.4 Å². The third-order valence-corrected chi connectivity index (χ3v) is 1.85. The van der Waals surface area contributed by atoms with Gasteiger partial charge in [-0.1, -0.05) is 0 Å². The van der Waals surface area contributed by atoms with Crippen LogP contribution in [-0.4, -0.2) is 42.7 Å². The summed E-state index contributed by atoms with van der Waals surface area (Å²) in [6.45, 7) is 0.944. The number of carbonyl (C=O) groups excluding carboxylic acids is 1. The fourth-order valence-corrected chi connectivity index (χ4v) is 1.07. The average molecular weight is 235 g/mol. The van der Waals surface area contributed by atoms with Gasteiger partial charge in [-0.15, -0.1) is 0 Å². The predicted molar refractivity (Wildman–Crippen MR) is 60.1 cm³/mol. The molecule has 0 aliphatic heterocycles. The summed E-state index contributed by atoms with van der Waals surface area (Å²) in [6, 6.07) is 1.88. The number of rotatable bonds is 6. The lowest BCUT2D eigenvalue weighted by Crippen LogP contribution is -2.32. The molecule has 0 aliphatic carbocycles. The first-order valence-electron chi connectivity index (χ1n) is 4.98. The van der Waals surface area contributed by atoms with Crippen LogP contribution in [0, 0.1) is 11.3 Å². The number of amides is 1. The van der Waals surface area contributed by atoms with Gasteiger partial charge >= 0.3 is 0 Å². The molecule has 7 nitrogen and oxygen atoms in total. The number of carbonyl (C=O) groups is 1. The Morgan fingerprint density at radius 3 is 3.00 bits per heavy atom. The number of aromatic nitrogens is 2. The van der Waals surface area contributed by atoms with Crippen LogP contribution < -0.4 is 10.6 Å². The van der Waals surface area contributed by atoms with Crippen molar-refractivity contribution in [3.05, 3.63) is 18.1 Å². The van der Waals surface area contributed by atoms with Crippen LogP contribution in [0.1, 0.15) is 5.69 Å². The molecule has 90 valence electrons. The quantitative estimate of drug-likeness (QED) is 0.646. The van der Waals surface area contributed by atoms with Crippen molar-refractivity contribution in [2.24, 2.45) is 0 Å². The van der Waals surface area contributed by atoms with Crippen LogP contribution in [0.4, 0.5) is 5.82 Å². The van der Waals surface area contributed by atoms with Gasteiger partial charge in [-0.2, -0.15) is 5.26 Å². The van der Waals surface area contributed by atoms with E-state index in [9.17, 15) is 4.79 Å². The highest BCUT2D eigenvalue weighted by molar-refractivity contribution is 5.80. The van der Waals surface area contributed by atoms with Crippen LogP contribution in [0.25, 0.3) is 0 Å². The van der Waals surface area contributed by atoms with Gasteiger partial charge in [-0.05, 0) is 0 Å². The summed E-state index contributed by atoms with van der Waals surface area (Å²) in [5.41, 5.74) is 0.164. The molecule has 0 spiro atoms. The van der Waals surface area contributed by atoms with Crippen molar-refractivity contribution >= 4 is 11.7 Å². The Balaban J connectivity index is 2.40. The molecule has 0 unspecified atom stereocenters. The molecule has 0 aliphatic rings. The number of hydrogen-bond acceptors (Lipinski definition) is 6. The maximum Gasteiger partial charge on any atom is 0.239 e. The van der Waals surface area contributed by atoms with Crippen molar-refractivity contribution in [2.45, 2.75) is 0 Å². The van der Waals surface area contributed by atoms with E-state index in [1.54, 1.807) is 7.11 Å². The van der Waals surface area contributed by atoms with E-state index in [1.165, 1.54) is 12.4 Å². The summed E-state index contributed by atoms with van der Waals surface area (Å²) in [4.78, 5) is 19.1. The number of ether oxygens (including phenoxy) is 1. The highest BCUT2D eigenvalue weighted by Crippen LogP contribution is 2.04. The molecule has 1 amide bonds. The fraction of sp³-hybridized carbons (Fsp3) is 0.400. The van der Waals surface area contributed by atoms with Gasteiger partial charge in [-0.3, -0.25) is 4.79 Å². The number of nitrogens with zero attached hydrogens (tertiary/aromatic N) is 3. The largest absolute Gasteiger partial charge is 0.383 e. The number of nitriles is 1. The van der Waals surface area contributed by atoms with E-state index < -0.39 is 0 Å². The molecule has 2 N–H and O–H groups in total. The van der Waals surface area contributed by atoms with Gasteiger partial charge in [0, 0.05) is 26.0 Å². The number of methoxy groups -OCH3 is 1. The fourth-order valence-electron chi connectivity index (χ4n) is 1.07. The summed E-state index contributed by atoms with van der Waals surface area (Å²) >= 11 is 0. The lowest BCUT2D eigenvalue weighted by atomic mass is 10.4. The Labute approximate surface area is 98.8 Å². The lowest BCUT2D eigenvalue weighted by molar-refractivity contribution is -0.119. The van der Waals surface area contributed by atoms with Crippen molar-refractivity contribution in [3.8, 4) is 6.07 Å². The van der Waals surface area contributed by atoms with Gasteiger partial charge < -0.3 is 15.4 Å². The molecule has 1 rings (SSSR count). The minimum Gasteiger partial charge on any atom is -0.383 e. The smallest absolute Gasteiger partial charge is 0.239 e. The molecule has 0 fully saturated rings. The zero-order valence-corrected chi connectivity index (χ0v) is 9.43. The second-order valence-electron chi connectivity index (χ2n) is 3.06. The summed E-state index contributed by atoms with van der Waals surface area (Å²) in [6.07, 6.45) is 2.87. The van der Waals surface area contributed by atoms with Crippen molar-refractivity contribution in [2.75, 3.05) is 32.1 Å². The number of nitrogens with one attached hydrogen (secondary N) is 2. The number of hydrogen-bond donors (Lipinski definition) is 2. The van der Waals surface area contributed by atoms with Crippen LogP contribution in [-0.2, 0) is 9.53 Å². The molecule has 0 saturated heterocycles. The Bertz CT molecular complexity index is 415. The van der Waals surface area contributed by atoms with Crippen molar-refractivity contribution in [1.29, 1.82) is 5.26 Å². The molecule has 0 atom stereocenters. The third-order valence-electron chi connectivity index (χ3n) is 1.85. The van der Waals surface area contributed by atoms with Gasteiger partial charge in [0.05, 0.1) is 13.2 Å². The van der Waals surface area contributed by atoms with Crippen molar-refractivity contribution in [1.82, 2.24) is 15.3 Å². The first-order chi connectivity index (χ1) is 8.27. The minimum absolute atomic E-state index is 0.0388. The highest BCUT2D eigenvalue weighted by atomic mass is 16.5. The molecule has 0 aromatic carbocycles. The molecule has 1 aromatic rings. The van der Waals surface area contributed by atoms with Gasteiger partial charge in [0.1, 0.15) is 6.07 Å². The van der Waals surface area contributed by atoms with E-state index >= 15 is 0 Å². The van der Waals surface area contributed by atoms with Gasteiger partial charge in [-0.25, -0.2) is 9.97 Å². The topological polar surface area (TPSA) is 99.9 Å². The molecule has 1 heterocycles. The summed E-state index contributed by atoms with van der Waals surface area (Å²) in [5.74, 6) is 0.105. The van der Waals surface area contributed by atoms with Gasteiger partial charge in [0.2, 0.25) is 5.91 Å². The zero-order valence-electron chi connectivity index (χ0n) is 9.43. The SMILES string of the molecule is COCCNC(=O)CNc1nccnc1C#N. The molecule has 0 bridgehead atoms. The predicted octanol–water partition coefficient (Wildman–Crippen LogP) is -0.477. The average Bonchev–Trinajstić information content (AvgIpc) is 2.37. The molecule has 0 radical (unpaired) electrons. The minimum atomic E-state index is -0.198. The van der Waals surface area contributed by atoms with Gasteiger partial charge in [0.25, 0.3) is 0 Å². The van der Waals surface area contributed by atoms with Crippen LogP contribution in [0.3, 0.4) is 0 Å². The molecular weight excluding hydrogens is 222 g/mol. The molecule has 0 saturated carbocycles. The summed E-state index contributed by atoms with van der Waals surface area (Å²) in [7, 11) is 1.56. The first-order valence-corrected chi connectivity index (χ1v) is 4.98. The maximum absolute atomic E-state index is 11.3. The Kier molecular flexibility index (Phi) is 5.40. The second kappa shape index (κ2) is 7.14. The molecular formula is C10H13N5O2. The third kappa shape index (κ3) is 4.44. The van der Waals surface area contributed by atoms with E-state index in [4.69, 9.17) is 10.00 Å². The van der Waals surface area contributed by atoms with E-state index in [0.717, 1.165) is 0 Å². The highest BCUT2D eigenvalue weighted by Gasteiger charge is 2.05. The zero-order chi connectivity index (χ0) is 12.5. The first kappa shape index (κ1) is 12.9. The van der Waals surface area contributed by atoms with E-state index in [1.807, 2.05) is 6.07 Å². The molecule has 7 heteroatoms. The van der Waals surface area contributed by atoms with Crippen molar-refractivity contribution in [3.63, 3.8) is 0 Å². The van der Waals surface area contributed by atoms with Crippen LogP contribution in [0.5, 0.6) is 0 Å². The summed E-state index contributed by atoms with van der Waals surface area (Å²) < 4.78 is 4.79. The normalized spacial score (nSPS) is 9.41. The van der Waals surface area contributed by atoms with Gasteiger partial charge in [0.15, 0.2) is 11.5 Å².